The van der Waals surface area contributed by atoms with Gasteiger partial charge in [-0.25, -0.2) is 4.79 Å². The Morgan fingerprint density at radius 2 is 1.78 bits per heavy atom. The maximum atomic E-state index is 12.1. The molecule has 1 aromatic carbocycles. The van der Waals surface area contributed by atoms with Gasteiger partial charge >= 0.3 is 5.97 Å². The van der Waals surface area contributed by atoms with E-state index >= 15 is 0 Å². The maximum absolute atomic E-state index is 12.1. The number of aryl methyl sites for hydroxylation is 1. The molecule has 0 bridgehead atoms. The number of carbonyl (C=O) groups excluding carboxylic acids is 1. The lowest BCUT2D eigenvalue weighted by Crippen LogP contribution is -2.50. The average molecular weight is 339 g/mol. The molecule has 1 aromatic rings. The SMILES string of the molecule is COC(=O)[C@H](O[Si](C)(C)C(C)(C)C)[C@@H](O)CCc1ccccc1. The molecule has 4 nitrogen and oxygen atoms in total. The van der Waals surface area contributed by atoms with Crippen molar-refractivity contribution in [2.24, 2.45) is 0 Å². The molecule has 0 heterocycles. The van der Waals surface area contributed by atoms with Crippen LogP contribution in [-0.4, -0.2) is 38.7 Å². The van der Waals surface area contributed by atoms with Gasteiger partial charge in [-0.15, -0.1) is 0 Å². The third kappa shape index (κ3) is 5.75. The largest absolute Gasteiger partial charge is 0.467 e. The fourth-order valence-electron chi connectivity index (χ4n) is 2.00. The van der Waals surface area contributed by atoms with Crippen LogP contribution in [0.5, 0.6) is 0 Å². The van der Waals surface area contributed by atoms with E-state index < -0.39 is 26.5 Å². The Balaban J connectivity index is 2.79. The zero-order valence-electron chi connectivity index (χ0n) is 15.1. The lowest BCUT2D eigenvalue weighted by molar-refractivity contribution is -0.155. The second-order valence-corrected chi connectivity index (χ2v) is 12.2. The van der Waals surface area contributed by atoms with Crippen LogP contribution in [0, 0.1) is 0 Å². The smallest absolute Gasteiger partial charge is 0.336 e. The molecule has 1 rings (SSSR count). The van der Waals surface area contributed by atoms with E-state index in [0.717, 1.165) is 5.56 Å². The van der Waals surface area contributed by atoms with E-state index in [2.05, 4.69) is 33.9 Å². The minimum atomic E-state index is -2.18. The summed E-state index contributed by atoms with van der Waals surface area (Å²) in [6.45, 7) is 10.4. The highest BCUT2D eigenvalue weighted by Crippen LogP contribution is 2.38. The molecule has 0 aliphatic carbocycles. The quantitative estimate of drug-likeness (QED) is 0.610. The third-order valence-electron chi connectivity index (χ3n) is 4.58. The van der Waals surface area contributed by atoms with Crippen molar-refractivity contribution in [1.29, 1.82) is 0 Å². The molecule has 0 saturated carbocycles. The van der Waals surface area contributed by atoms with Crippen LogP contribution in [0.4, 0.5) is 0 Å². The Morgan fingerprint density at radius 1 is 1.22 bits per heavy atom. The number of aliphatic hydroxyl groups is 1. The first-order chi connectivity index (χ1) is 10.6. The highest BCUT2D eigenvalue weighted by atomic mass is 28.4. The molecule has 0 amide bonds. The first-order valence-corrected chi connectivity index (χ1v) is 11.0. The fourth-order valence-corrected chi connectivity index (χ4v) is 3.25. The number of aliphatic hydroxyl groups excluding tert-OH is 1. The summed E-state index contributed by atoms with van der Waals surface area (Å²) >= 11 is 0. The highest BCUT2D eigenvalue weighted by molar-refractivity contribution is 6.74. The lowest BCUT2D eigenvalue weighted by Gasteiger charge is -2.39. The van der Waals surface area contributed by atoms with Crippen LogP contribution >= 0.6 is 0 Å². The van der Waals surface area contributed by atoms with E-state index in [1.807, 2.05) is 30.3 Å². The second-order valence-electron chi connectivity index (χ2n) is 7.41. The van der Waals surface area contributed by atoms with Crippen molar-refractivity contribution < 1.29 is 19.1 Å². The Morgan fingerprint density at radius 3 is 2.26 bits per heavy atom. The molecule has 1 N–H and O–H groups in total. The minimum Gasteiger partial charge on any atom is -0.467 e. The number of rotatable bonds is 7. The molecule has 0 radical (unpaired) electrons. The van der Waals surface area contributed by atoms with Crippen LogP contribution < -0.4 is 0 Å². The van der Waals surface area contributed by atoms with Gasteiger partial charge in [0.15, 0.2) is 14.4 Å². The molecule has 0 aliphatic heterocycles. The van der Waals surface area contributed by atoms with Crippen molar-refractivity contribution in [2.75, 3.05) is 7.11 Å². The first-order valence-electron chi connectivity index (χ1n) is 8.06. The van der Waals surface area contributed by atoms with Gasteiger partial charge < -0.3 is 14.3 Å². The number of carbonyl (C=O) groups is 1. The summed E-state index contributed by atoms with van der Waals surface area (Å²) in [7, 11) is -0.851. The molecule has 5 heteroatoms. The molecule has 130 valence electrons. The van der Waals surface area contributed by atoms with Gasteiger partial charge in [0.05, 0.1) is 13.2 Å². The van der Waals surface area contributed by atoms with Crippen LogP contribution in [0.25, 0.3) is 0 Å². The molecule has 23 heavy (non-hydrogen) atoms. The summed E-state index contributed by atoms with van der Waals surface area (Å²) < 4.78 is 11.0. The number of hydrogen-bond acceptors (Lipinski definition) is 4. The number of ether oxygens (including phenoxy) is 1. The van der Waals surface area contributed by atoms with Gasteiger partial charge in [-0.2, -0.15) is 0 Å². The van der Waals surface area contributed by atoms with Gasteiger partial charge in [0.1, 0.15) is 0 Å². The van der Waals surface area contributed by atoms with Gasteiger partial charge in [-0.05, 0) is 36.5 Å². The molecule has 0 aromatic heterocycles. The molecular weight excluding hydrogens is 308 g/mol. The van der Waals surface area contributed by atoms with E-state index in [1.165, 1.54) is 7.11 Å². The van der Waals surface area contributed by atoms with Crippen molar-refractivity contribution in [2.45, 2.75) is 64.0 Å². The van der Waals surface area contributed by atoms with Crippen LogP contribution in [0.1, 0.15) is 32.8 Å². The highest BCUT2D eigenvalue weighted by Gasteiger charge is 2.43. The standard InChI is InChI=1S/C18H30O4Si/c1-18(2,3)23(5,6)22-16(17(20)21-4)15(19)13-12-14-10-8-7-9-11-14/h7-11,15-16,19H,12-13H2,1-6H3/t15-,16+/m0/s1. The van der Waals surface area contributed by atoms with Crippen molar-refractivity contribution in [3.8, 4) is 0 Å². The zero-order chi connectivity index (χ0) is 17.7. The van der Waals surface area contributed by atoms with E-state index in [9.17, 15) is 9.90 Å². The average Bonchev–Trinajstić information content (AvgIpc) is 2.49. The number of esters is 1. The summed E-state index contributed by atoms with van der Waals surface area (Å²) in [6, 6.07) is 9.90. The van der Waals surface area contributed by atoms with Gasteiger partial charge in [0, 0.05) is 0 Å². The van der Waals surface area contributed by atoms with E-state index in [4.69, 9.17) is 9.16 Å². The molecule has 0 unspecified atom stereocenters. The summed E-state index contributed by atoms with van der Waals surface area (Å²) in [4.78, 5) is 12.1. The summed E-state index contributed by atoms with van der Waals surface area (Å²) in [5.41, 5.74) is 1.13. The normalized spacial score (nSPS) is 15.1. The molecular formula is C18H30O4Si. The Labute approximate surface area is 140 Å². The van der Waals surface area contributed by atoms with E-state index in [0.29, 0.717) is 12.8 Å². The van der Waals surface area contributed by atoms with Crippen LogP contribution in [0.2, 0.25) is 18.1 Å². The monoisotopic (exact) mass is 338 g/mol. The van der Waals surface area contributed by atoms with Crippen LogP contribution in [-0.2, 0) is 20.4 Å². The molecule has 0 fully saturated rings. The number of benzene rings is 1. The Bertz CT molecular complexity index is 493. The van der Waals surface area contributed by atoms with Gasteiger partial charge in [-0.3, -0.25) is 0 Å². The first kappa shape index (κ1) is 19.9. The van der Waals surface area contributed by atoms with Gasteiger partial charge in [-0.1, -0.05) is 51.1 Å². The van der Waals surface area contributed by atoms with Crippen LogP contribution in [0.3, 0.4) is 0 Å². The van der Waals surface area contributed by atoms with Crippen molar-refractivity contribution in [1.82, 2.24) is 0 Å². The summed E-state index contributed by atoms with van der Waals surface area (Å²) in [6.07, 6.45) is -0.657. The fraction of sp³-hybridized carbons (Fsp3) is 0.611. The minimum absolute atomic E-state index is 0.0432. The topological polar surface area (TPSA) is 55.8 Å². The lowest BCUT2D eigenvalue weighted by atomic mass is 10.0. The van der Waals surface area contributed by atoms with Crippen molar-refractivity contribution in [3.05, 3.63) is 35.9 Å². The predicted octanol–water partition coefficient (Wildman–Crippen LogP) is 3.54. The Hall–Kier alpha value is -1.17. The third-order valence-corrected chi connectivity index (χ3v) is 9.04. The number of methoxy groups -OCH3 is 1. The van der Waals surface area contributed by atoms with Gasteiger partial charge in [0.2, 0.25) is 0 Å². The second kappa shape index (κ2) is 8.08. The molecule has 0 spiro atoms. The van der Waals surface area contributed by atoms with Crippen molar-refractivity contribution >= 4 is 14.3 Å². The molecule has 0 aliphatic rings. The predicted molar refractivity (Wildman–Crippen MR) is 94.9 cm³/mol. The summed E-state index contributed by atoms with van der Waals surface area (Å²) in [5.74, 6) is -0.504. The summed E-state index contributed by atoms with van der Waals surface area (Å²) in [5, 5.41) is 10.5. The van der Waals surface area contributed by atoms with E-state index in [-0.39, 0.29) is 5.04 Å². The van der Waals surface area contributed by atoms with Gasteiger partial charge in [0.25, 0.3) is 0 Å². The molecule has 0 saturated heterocycles. The van der Waals surface area contributed by atoms with E-state index in [1.54, 1.807) is 0 Å². The number of hydrogen-bond donors (Lipinski definition) is 1. The van der Waals surface area contributed by atoms with Crippen molar-refractivity contribution in [3.63, 3.8) is 0 Å². The zero-order valence-corrected chi connectivity index (χ0v) is 16.1. The molecule has 2 atom stereocenters. The Kier molecular flexibility index (Phi) is 6.98. The van der Waals surface area contributed by atoms with Crippen LogP contribution in [0.15, 0.2) is 30.3 Å². The maximum Gasteiger partial charge on any atom is 0.336 e.